The SMILES string of the molecule is COC(=O)c1ccc(-c2cnc3c(N(CCC(F)(F)F)COC(C)(C)C)cc(Oc4cccc(F)c4)cn23)cc1C. The van der Waals surface area contributed by atoms with Crippen molar-refractivity contribution in [2.45, 2.75) is 45.9 Å². The number of anilines is 1. The van der Waals surface area contributed by atoms with E-state index in [0.717, 1.165) is 0 Å². The molecule has 0 unspecified atom stereocenters. The third-order valence-electron chi connectivity index (χ3n) is 6.18. The average molecular weight is 574 g/mol. The maximum absolute atomic E-state index is 13.9. The first-order valence-corrected chi connectivity index (χ1v) is 12.8. The van der Waals surface area contributed by atoms with Gasteiger partial charge in [0.15, 0.2) is 5.65 Å². The topological polar surface area (TPSA) is 65.3 Å². The van der Waals surface area contributed by atoms with E-state index in [0.29, 0.717) is 33.7 Å². The molecule has 7 nitrogen and oxygen atoms in total. The van der Waals surface area contributed by atoms with Crippen LogP contribution in [0, 0.1) is 12.7 Å². The number of hydrogen-bond acceptors (Lipinski definition) is 6. The molecule has 0 fully saturated rings. The molecule has 11 heteroatoms. The Labute approximate surface area is 235 Å². The number of aromatic nitrogens is 2. The molecule has 0 radical (unpaired) electrons. The Hall–Kier alpha value is -4.12. The van der Waals surface area contributed by atoms with Crippen molar-refractivity contribution in [1.82, 2.24) is 9.38 Å². The van der Waals surface area contributed by atoms with Gasteiger partial charge < -0.3 is 19.1 Å². The van der Waals surface area contributed by atoms with Crippen LogP contribution in [-0.2, 0) is 9.47 Å². The largest absolute Gasteiger partial charge is 0.465 e. The second kappa shape index (κ2) is 11.8. The minimum absolute atomic E-state index is 0.145. The van der Waals surface area contributed by atoms with Crippen molar-refractivity contribution < 1.29 is 36.6 Å². The quantitative estimate of drug-likeness (QED) is 0.117. The van der Waals surface area contributed by atoms with Crippen LogP contribution >= 0.6 is 0 Å². The first-order valence-electron chi connectivity index (χ1n) is 12.8. The number of esters is 1. The van der Waals surface area contributed by atoms with Crippen molar-refractivity contribution in [3.8, 4) is 22.8 Å². The van der Waals surface area contributed by atoms with Crippen LogP contribution in [0.5, 0.6) is 11.5 Å². The number of fused-ring (bicyclic) bond motifs is 1. The molecule has 0 bridgehead atoms. The molecule has 0 aliphatic rings. The van der Waals surface area contributed by atoms with Crippen LogP contribution < -0.4 is 9.64 Å². The van der Waals surface area contributed by atoms with Gasteiger partial charge in [-0.15, -0.1) is 0 Å². The van der Waals surface area contributed by atoms with Crippen LogP contribution in [0.25, 0.3) is 16.9 Å². The standard InChI is InChI=1S/C30H31F4N3O4/c1-19-13-20(9-10-24(19)28(38)39-5)26-16-35-27-25(36(12-11-30(32,33)34)18-40-29(2,3)4)15-23(17-37(26)27)41-22-8-6-7-21(31)14-22/h6-10,13-17H,11-12,18H2,1-5H3. The predicted molar refractivity (Wildman–Crippen MR) is 147 cm³/mol. The molecule has 0 saturated carbocycles. The van der Waals surface area contributed by atoms with Crippen molar-refractivity contribution in [1.29, 1.82) is 0 Å². The molecule has 0 aliphatic carbocycles. The monoisotopic (exact) mass is 573 g/mol. The molecule has 0 atom stereocenters. The van der Waals surface area contributed by atoms with E-state index in [1.165, 1.54) is 30.2 Å². The molecule has 2 aromatic carbocycles. The van der Waals surface area contributed by atoms with E-state index in [2.05, 4.69) is 4.98 Å². The fourth-order valence-electron chi connectivity index (χ4n) is 4.16. The summed E-state index contributed by atoms with van der Waals surface area (Å²) in [6, 6.07) is 12.3. The van der Waals surface area contributed by atoms with E-state index < -0.39 is 36.5 Å². The first-order chi connectivity index (χ1) is 19.2. The molecular weight excluding hydrogens is 542 g/mol. The van der Waals surface area contributed by atoms with Crippen LogP contribution in [0.15, 0.2) is 60.9 Å². The number of hydrogen-bond donors (Lipinski definition) is 0. The van der Waals surface area contributed by atoms with Crippen molar-refractivity contribution in [3.63, 3.8) is 0 Å². The summed E-state index contributed by atoms with van der Waals surface area (Å²) >= 11 is 0. The molecular formula is C30H31F4N3O4. The van der Waals surface area contributed by atoms with E-state index in [1.54, 1.807) is 54.0 Å². The lowest BCUT2D eigenvalue weighted by atomic mass is 10.0. The summed E-state index contributed by atoms with van der Waals surface area (Å²) in [6.45, 7) is 6.65. The highest BCUT2D eigenvalue weighted by Crippen LogP contribution is 2.35. The van der Waals surface area contributed by atoms with Gasteiger partial charge >= 0.3 is 12.1 Å². The van der Waals surface area contributed by atoms with Gasteiger partial charge in [0.25, 0.3) is 0 Å². The van der Waals surface area contributed by atoms with Crippen molar-refractivity contribution >= 4 is 17.3 Å². The zero-order chi connectivity index (χ0) is 29.9. The normalized spacial score (nSPS) is 12.0. The number of carbonyl (C=O) groups excluding carboxylic acids is 1. The van der Waals surface area contributed by atoms with E-state index in [-0.39, 0.29) is 18.2 Å². The lowest BCUT2D eigenvalue weighted by molar-refractivity contribution is -0.133. The Balaban J connectivity index is 1.87. The third-order valence-corrected chi connectivity index (χ3v) is 6.18. The molecule has 218 valence electrons. The van der Waals surface area contributed by atoms with Crippen LogP contribution in [0.1, 0.15) is 43.1 Å². The minimum atomic E-state index is -4.40. The smallest absolute Gasteiger partial charge is 0.390 e. The Morgan fingerprint density at radius 1 is 1.05 bits per heavy atom. The van der Waals surface area contributed by atoms with Gasteiger partial charge in [0.1, 0.15) is 24.0 Å². The zero-order valence-corrected chi connectivity index (χ0v) is 23.4. The summed E-state index contributed by atoms with van der Waals surface area (Å²) in [5, 5.41) is 0. The highest BCUT2D eigenvalue weighted by atomic mass is 19.4. The van der Waals surface area contributed by atoms with Gasteiger partial charge in [-0.2, -0.15) is 13.2 Å². The Morgan fingerprint density at radius 2 is 1.80 bits per heavy atom. The molecule has 2 heterocycles. The fraction of sp³-hybridized carbons (Fsp3) is 0.333. The maximum Gasteiger partial charge on any atom is 0.390 e. The lowest BCUT2D eigenvalue weighted by Gasteiger charge is -2.30. The predicted octanol–water partition coefficient (Wildman–Crippen LogP) is 7.56. The van der Waals surface area contributed by atoms with E-state index >= 15 is 0 Å². The third kappa shape index (κ3) is 7.55. The molecule has 2 aromatic heterocycles. The number of halogens is 4. The molecule has 4 aromatic rings. The summed E-state index contributed by atoms with van der Waals surface area (Å²) in [7, 11) is 1.30. The summed E-state index contributed by atoms with van der Waals surface area (Å²) in [5.74, 6) is -0.519. The van der Waals surface area contributed by atoms with Crippen molar-refractivity contribution in [2.75, 3.05) is 25.3 Å². The number of imidazole rings is 1. The summed E-state index contributed by atoms with van der Waals surface area (Å²) in [5.41, 5.74) is 2.44. The second-order valence-corrected chi connectivity index (χ2v) is 10.5. The Morgan fingerprint density at radius 3 is 2.44 bits per heavy atom. The summed E-state index contributed by atoms with van der Waals surface area (Å²) in [6.07, 6.45) is -2.26. The number of ether oxygens (including phenoxy) is 3. The van der Waals surface area contributed by atoms with Crippen molar-refractivity contribution in [2.24, 2.45) is 0 Å². The summed E-state index contributed by atoms with van der Waals surface area (Å²) in [4.78, 5) is 18.1. The van der Waals surface area contributed by atoms with Gasteiger partial charge in [-0.3, -0.25) is 4.40 Å². The minimum Gasteiger partial charge on any atom is -0.465 e. The summed E-state index contributed by atoms with van der Waals surface area (Å²) < 4.78 is 72.2. The molecule has 0 saturated heterocycles. The maximum atomic E-state index is 13.9. The Bertz CT molecular complexity index is 1530. The number of alkyl halides is 3. The van der Waals surface area contributed by atoms with Gasteiger partial charge in [0, 0.05) is 24.2 Å². The number of nitrogens with zero attached hydrogens (tertiary/aromatic N) is 3. The molecule has 0 spiro atoms. The second-order valence-electron chi connectivity index (χ2n) is 10.5. The number of carbonyl (C=O) groups is 1. The van der Waals surface area contributed by atoms with Gasteiger partial charge in [0.05, 0.1) is 48.5 Å². The molecule has 4 rings (SSSR count). The van der Waals surface area contributed by atoms with Crippen molar-refractivity contribution in [3.05, 3.63) is 77.9 Å². The number of methoxy groups -OCH3 is 1. The highest BCUT2D eigenvalue weighted by molar-refractivity contribution is 5.91. The fourth-order valence-corrected chi connectivity index (χ4v) is 4.16. The molecule has 0 aliphatic heterocycles. The molecule has 0 N–H and O–H groups in total. The van der Waals surface area contributed by atoms with E-state index in [1.807, 2.05) is 20.8 Å². The number of benzene rings is 2. The van der Waals surface area contributed by atoms with Gasteiger partial charge in [-0.1, -0.05) is 12.1 Å². The van der Waals surface area contributed by atoms with Crippen LogP contribution in [0.4, 0.5) is 23.2 Å². The van der Waals surface area contributed by atoms with Crippen LogP contribution in [0.3, 0.4) is 0 Å². The van der Waals surface area contributed by atoms with E-state index in [9.17, 15) is 22.4 Å². The van der Waals surface area contributed by atoms with Gasteiger partial charge in [0.2, 0.25) is 0 Å². The highest BCUT2D eigenvalue weighted by Gasteiger charge is 2.29. The van der Waals surface area contributed by atoms with Crippen LogP contribution in [-0.4, -0.2) is 47.5 Å². The van der Waals surface area contributed by atoms with E-state index in [4.69, 9.17) is 14.2 Å². The number of aryl methyl sites for hydroxylation is 1. The Kier molecular flexibility index (Phi) is 8.58. The average Bonchev–Trinajstić information content (AvgIpc) is 3.31. The van der Waals surface area contributed by atoms with Gasteiger partial charge in [-0.25, -0.2) is 14.2 Å². The van der Waals surface area contributed by atoms with Crippen LogP contribution in [0.2, 0.25) is 0 Å². The number of rotatable bonds is 9. The molecule has 0 amide bonds. The lowest BCUT2D eigenvalue weighted by Crippen LogP contribution is -2.35. The number of pyridine rings is 1. The zero-order valence-electron chi connectivity index (χ0n) is 23.4. The first kappa shape index (κ1) is 29.9. The van der Waals surface area contributed by atoms with Gasteiger partial charge in [-0.05, 0) is 57.5 Å². The molecule has 41 heavy (non-hydrogen) atoms.